The van der Waals surface area contributed by atoms with Crippen LogP contribution in [0.1, 0.15) is 36.1 Å². The summed E-state index contributed by atoms with van der Waals surface area (Å²) in [7, 11) is 0. The molecule has 0 spiro atoms. The van der Waals surface area contributed by atoms with E-state index in [9.17, 15) is 5.11 Å². The van der Waals surface area contributed by atoms with Crippen LogP contribution in [0.3, 0.4) is 0 Å². The Balaban J connectivity index is 2.06. The van der Waals surface area contributed by atoms with Gasteiger partial charge >= 0.3 is 0 Å². The zero-order valence-corrected chi connectivity index (χ0v) is 11.4. The number of rotatable bonds is 5. The molecule has 20 heavy (non-hydrogen) atoms. The first-order valence-electron chi connectivity index (χ1n) is 7.12. The second kappa shape index (κ2) is 5.28. The Bertz CT molecular complexity index is 540. The third kappa shape index (κ3) is 2.31. The number of anilines is 1. The summed E-state index contributed by atoms with van der Waals surface area (Å²) < 4.78 is 0. The zero-order chi connectivity index (χ0) is 14.1. The number of amidine groups is 1. The molecule has 0 aromatic carbocycles. The van der Waals surface area contributed by atoms with Crippen molar-refractivity contribution in [3.05, 3.63) is 22.9 Å². The molecule has 4 N–H and O–H groups in total. The lowest BCUT2D eigenvalue weighted by atomic mass is 10.1. The highest BCUT2D eigenvalue weighted by Crippen LogP contribution is 2.34. The summed E-state index contributed by atoms with van der Waals surface area (Å²) in [6.07, 6.45) is 5.29. The van der Waals surface area contributed by atoms with Gasteiger partial charge in [0.2, 0.25) is 0 Å². The number of aliphatic hydroxyl groups excluding tert-OH is 1. The van der Waals surface area contributed by atoms with Gasteiger partial charge in [0.05, 0.1) is 12.2 Å². The van der Waals surface area contributed by atoms with Gasteiger partial charge in [-0.05, 0) is 43.7 Å². The Morgan fingerprint density at radius 3 is 2.90 bits per heavy atom. The van der Waals surface area contributed by atoms with E-state index in [1.54, 1.807) is 0 Å². The van der Waals surface area contributed by atoms with Crippen molar-refractivity contribution in [1.29, 1.82) is 0 Å². The molecule has 108 valence electrons. The fourth-order valence-electron chi connectivity index (χ4n) is 2.88. The molecule has 1 fully saturated rings. The van der Waals surface area contributed by atoms with Crippen LogP contribution in [0.4, 0.5) is 5.82 Å². The summed E-state index contributed by atoms with van der Waals surface area (Å²) in [6, 6.07) is 2.41. The molecular formula is C14H20N4O2. The standard InChI is InChI=1S/C14H20N4O2/c15-13(17-20)11-8-9-2-1-3-12(9)16-14(11)18(6-7-19)10-4-5-10/h8,10,19-20H,1-7H2,(H2,15,17). The Morgan fingerprint density at radius 1 is 1.45 bits per heavy atom. The summed E-state index contributed by atoms with van der Waals surface area (Å²) >= 11 is 0. The van der Waals surface area contributed by atoms with Crippen LogP contribution in [0.5, 0.6) is 0 Å². The normalized spacial score (nSPS) is 18.1. The quantitative estimate of drug-likeness (QED) is 0.317. The molecule has 6 heteroatoms. The largest absolute Gasteiger partial charge is 0.409 e. The molecule has 0 bridgehead atoms. The third-order valence-corrected chi connectivity index (χ3v) is 4.01. The van der Waals surface area contributed by atoms with Crippen LogP contribution in [0.15, 0.2) is 11.2 Å². The van der Waals surface area contributed by atoms with Crippen LogP contribution in [0, 0.1) is 0 Å². The van der Waals surface area contributed by atoms with Crippen LogP contribution < -0.4 is 10.6 Å². The maximum Gasteiger partial charge on any atom is 0.173 e. The highest BCUT2D eigenvalue weighted by atomic mass is 16.4. The van der Waals surface area contributed by atoms with Crippen molar-refractivity contribution >= 4 is 11.7 Å². The second-order valence-corrected chi connectivity index (χ2v) is 5.45. The van der Waals surface area contributed by atoms with Crippen LogP contribution in [-0.4, -0.2) is 40.3 Å². The maximum atomic E-state index is 9.27. The van der Waals surface area contributed by atoms with Crippen LogP contribution >= 0.6 is 0 Å². The summed E-state index contributed by atoms with van der Waals surface area (Å²) in [5.41, 5.74) is 8.79. The minimum atomic E-state index is 0.0743. The van der Waals surface area contributed by atoms with Gasteiger partial charge in [-0.3, -0.25) is 0 Å². The van der Waals surface area contributed by atoms with E-state index in [2.05, 4.69) is 10.1 Å². The van der Waals surface area contributed by atoms with Gasteiger partial charge in [0.15, 0.2) is 5.84 Å². The molecule has 0 aliphatic heterocycles. The number of nitrogens with two attached hydrogens (primary N) is 1. The number of hydrogen-bond acceptors (Lipinski definition) is 5. The van der Waals surface area contributed by atoms with Crippen molar-refractivity contribution in [3.8, 4) is 0 Å². The number of pyridine rings is 1. The van der Waals surface area contributed by atoms with E-state index in [0.717, 1.165) is 43.6 Å². The van der Waals surface area contributed by atoms with Gasteiger partial charge in [0.25, 0.3) is 0 Å². The average Bonchev–Trinajstić information content (AvgIpc) is 3.20. The van der Waals surface area contributed by atoms with Gasteiger partial charge in [0.1, 0.15) is 5.82 Å². The number of hydrogen-bond donors (Lipinski definition) is 3. The number of aromatic nitrogens is 1. The van der Waals surface area contributed by atoms with Crippen molar-refractivity contribution < 1.29 is 10.3 Å². The van der Waals surface area contributed by atoms with E-state index in [-0.39, 0.29) is 12.4 Å². The van der Waals surface area contributed by atoms with Crippen molar-refractivity contribution in [2.75, 3.05) is 18.1 Å². The molecule has 0 radical (unpaired) electrons. The highest BCUT2D eigenvalue weighted by Gasteiger charge is 2.32. The van der Waals surface area contributed by atoms with Gasteiger partial charge in [-0.2, -0.15) is 0 Å². The van der Waals surface area contributed by atoms with Crippen molar-refractivity contribution in [3.63, 3.8) is 0 Å². The lowest BCUT2D eigenvalue weighted by Gasteiger charge is -2.25. The molecule has 2 aliphatic carbocycles. The first kappa shape index (κ1) is 13.2. The van der Waals surface area contributed by atoms with Gasteiger partial charge < -0.3 is 20.9 Å². The molecule has 6 nitrogen and oxygen atoms in total. The predicted octanol–water partition coefficient (Wildman–Crippen LogP) is 0.626. The molecule has 1 aromatic heterocycles. The molecule has 1 heterocycles. The molecule has 0 atom stereocenters. The summed E-state index contributed by atoms with van der Waals surface area (Å²) in [6.45, 7) is 0.604. The lowest BCUT2D eigenvalue weighted by molar-refractivity contribution is 0.301. The molecule has 2 aliphatic rings. The van der Waals surface area contributed by atoms with Gasteiger partial charge in [-0.15, -0.1) is 0 Å². The molecular weight excluding hydrogens is 256 g/mol. The first-order chi connectivity index (χ1) is 9.74. The predicted molar refractivity (Wildman–Crippen MR) is 76.2 cm³/mol. The van der Waals surface area contributed by atoms with Crippen LogP contribution in [0.25, 0.3) is 0 Å². The maximum absolute atomic E-state index is 9.27. The number of fused-ring (bicyclic) bond motifs is 1. The Morgan fingerprint density at radius 2 is 2.25 bits per heavy atom. The van der Waals surface area contributed by atoms with Crippen LogP contribution in [-0.2, 0) is 12.8 Å². The molecule has 0 saturated heterocycles. The Hall–Kier alpha value is -1.82. The van der Waals surface area contributed by atoms with Gasteiger partial charge in [0, 0.05) is 18.3 Å². The lowest BCUT2D eigenvalue weighted by Crippen LogP contribution is -2.32. The number of aliphatic hydroxyl groups is 1. The topological polar surface area (TPSA) is 95.0 Å². The fourth-order valence-corrected chi connectivity index (χ4v) is 2.88. The first-order valence-corrected chi connectivity index (χ1v) is 7.12. The van der Waals surface area contributed by atoms with E-state index in [1.165, 1.54) is 5.56 Å². The van der Waals surface area contributed by atoms with Crippen molar-refractivity contribution in [2.45, 2.75) is 38.1 Å². The monoisotopic (exact) mass is 276 g/mol. The molecule has 1 saturated carbocycles. The number of nitrogens with zero attached hydrogens (tertiary/aromatic N) is 3. The van der Waals surface area contributed by atoms with Crippen LogP contribution in [0.2, 0.25) is 0 Å². The number of oxime groups is 1. The van der Waals surface area contributed by atoms with Crippen molar-refractivity contribution in [2.24, 2.45) is 10.9 Å². The fraction of sp³-hybridized carbons (Fsp3) is 0.571. The van der Waals surface area contributed by atoms with E-state index >= 15 is 0 Å². The summed E-state index contributed by atoms with van der Waals surface area (Å²) in [5.74, 6) is 0.836. The Kier molecular flexibility index (Phi) is 3.48. The van der Waals surface area contributed by atoms with E-state index in [4.69, 9.17) is 15.9 Å². The molecule has 0 unspecified atom stereocenters. The summed E-state index contributed by atoms with van der Waals surface area (Å²) in [4.78, 5) is 6.83. The van der Waals surface area contributed by atoms with E-state index in [1.807, 2.05) is 6.07 Å². The molecule has 1 aromatic rings. The smallest absolute Gasteiger partial charge is 0.173 e. The molecule has 3 rings (SSSR count). The number of aryl methyl sites for hydroxylation is 2. The Labute approximate surface area is 117 Å². The minimum Gasteiger partial charge on any atom is -0.409 e. The van der Waals surface area contributed by atoms with Gasteiger partial charge in [-0.1, -0.05) is 5.16 Å². The van der Waals surface area contributed by atoms with Gasteiger partial charge in [-0.25, -0.2) is 4.98 Å². The second-order valence-electron chi connectivity index (χ2n) is 5.45. The summed E-state index contributed by atoms with van der Waals surface area (Å²) in [5, 5.41) is 21.4. The zero-order valence-electron chi connectivity index (χ0n) is 11.4. The van der Waals surface area contributed by atoms with E-state index < -0.39 is 0 Å². The highest BCUT2D eigenvalue weighted by molar-refractivity contribution is 6.01. The molecule has 0 amide bonds. The minimum absolute atomic E-state index is 0.0743. The SMILES string of the molecule is NC(=NO)c1cc2c(nc1N(CCO)C1CC1)CCC2. The average molecular weight is 276 g/mol. The third-order valence-electron chi connectivity index (χ3n) is 4.01. The van der Waals surface area contributed by atoms with E-state index in [0.29, 0.717) is 18.2 Å². The van der Waals surface area contributed by atoms with Crippen molar-refractivity contribution in [1.82, 2.24) is 4.98 Å².